The summed E-state index contributed by atoms with van der Waals surface area (Å²) < 4.78 is 22.4. The number of ether oxygens (including phenoxy) is 4. The van der Waals surface area contributed by atoms with Gasteiger partial charge in [-0.25, -0.2) is 19.6 Å². The van der Waals surface area contributed by atoms with Crippen LogP contribution in [0.3, 0.4) is 0 Å². The Bertz CT molecular complexity index is 1900. The van der Waals surface area contributed by atoms with Crippen LogP contribution in [0.2, 0.25) is 0 Å². The number of esters is 1. The van der Waals surface area contributed by atoms with Gasteiger partial charge in [-0.3, -0.25) is 14.5 Å². The largest absolute Gasteiger partial charge is 0.511 e. The third kappa shape index (κ3) is 12.0. The van der Waals surface area contributed by atoms with Crippen LogP contribution in [-0.2, 0) is 37.3 Å². The summed E-state index contributed by atoms with van der Waals surface area (Å²) in [5.74, 6) is 0.0694. The molecule has 0 bridgehead atoms. The van der Waals surface area contributed by atoms with Gasteiger partial charge in [-0.2, -0.15) is 4.99 Å². The fourth-order valence-electron chi connectivity index (χ4n) is 5.24. The van der Waals surface area contributed by atoms with Gasteiger partial charge in [-0.05, 0) is 74.4 Å². The van der Waals surface area contributed by atoms with Gasteiger partial charge in [0.1, 0.15) is 23.6 Å². The summed E-state index contributed by atoms with van der Waals surface area (Å²) in [4.78, 5) is 64.8. The second-order valence-corrected chi connectivity index (χ2v) is 12.6. The van der Waals surface area contributed by atoms with Crippen molar-refractivity contribution in [1.82, 2.24) is 14.5 Å². The highest BCUT2D eigenvalue weighted by Crippen LogP contribution is 2.22. The molecule has 0 saturated carbocycles. The minimum absolute atomic E-state index is 0.0480. The zero-order chi connectivity index (χ0) is 39.0. The first kappa shape index (κ1) is 40.8. The Hall–Kier alpha value is -5.99. The number of amidine groups is 1. The van der Waals surface area contributed by atoms with E-state index < -0.39 is 30.4 Å². The lowest BCUT2D eigenvalue weighted by Crippen LogP contribution is -2.34. The standard InChI is InChI=1S/C39H49N7O8/c1-6-8-9-12-23-51-38(49)44-36(40)28-14-17-30(18-15-28)42-25-34-43-31-24-29(16-19-32(31)45(34)5)37(48)46(33-13-10-11-21-41-33)22-20-35(47)53-27(4)54-39(50)52-26(3)7-2/h10-11,13-19,21,24,26-27,42H,6-9,12,20,22-23,25H2,1-5H3,(H2,40,44,49). The van der Waals surface area contributed by atoms with Crippen LogP contribution in [0, 0.1) is 0 Å². The van der Waals surface area contributed by atoms with Crippen LogP contribution in [0.1, 0.15) is 88.0 Å². The number of unbranched alkanes of at least 4 members (excludes halogenated alkanes) is 3. The molecule has 3 N–H and O–H groups in total. The molecule has 0 saturated heterocycles. The van der Waals surface area contributed by atoms with Crippen LogP contribution in [0.15, 0.2) is 71.9 Å². The molecule has 4 aromatic rings. The molecular weight excluding hydrogens is 694 g/mol. The minimum atomic E-state index is -1.18. The fourth-order valence-corrected chi connectivity index (χ4v) is 5.24. The highest BCUT2D eigenvalue weighted by atomic mass is 16.8. The molecule has 0 fully saturated rings. The molecule has 2 atom stereocenters. The Balaban J connectivity index is 1.38. The molecule has 15 heteroatoms. The minimum Gasteiger partial charge on any atom is -0.448 e. The summed E-state index contributed by atoms with van der Waals surface area (Å²) in [7, 11) is 1.89. The number of aryl methyl sites for hydroxylation is 1. The molecule has 2 aromatic carbocycles. The number of fused-ring (bicyclic) bond motifs is 1. The highest BCUT2D eigenvalue weighted by Gasteiger charge is 2.23. The number of aliphatic imine (C=N–C) groups is 1. The number of imidazole rings is 1. The highest BCUT2D eigenvalue weighted by molar-refractivity contribution is 6.07. The van der Waals surface area contributed by atoms with Gasteiger partial charge in [0.25, 0.3) is 5.91 Å². The normalized spacial score (nSPS) is 12.4. The van der Waals surface area contributed by atoms with Crippen LogP contribution < -0.4 is 16.0 Å². The van der Waals surface area contributed by atoms with Crippen molar-refractivity contribution in [3.05, 3.63) is 83.8 Å². The van der Waals surface area contributed by atoms with Crippen molar-refractivity contribution in [2.75, 3.05) is 23.4 Å². The van der Waals surface area contributed by atoms with E-state index in [-0.39, 0.29) is 24.9 Å². The lowest BCUT2D eigenvalue weighted by atomic mass is 10.1. The number of benzene rings is 2. The Morgan fingerprint density at radius 3 is 2.41 bits per heavy atom. The van der Waals surface area contributed by atoms with Crippen molar-refractivity contribution >= 4 is 52.5 Å². The predicted molar refractivity (Wildman–Crippen MR) is 204 cm³/mol. The van der Waals surface area contributed by atoms with E-state index in [9.17, 15) is 19.2 Å². The van der Waals surface area contributed by atoms with E-state index in [2.05, 4.69) is 22.2 Å². The number of carbonyl (C=O) groups excluding carboxylic acids is 4. The van der Waals surface area contributed by atoms with Crippen LogP contribution >= 0.6 is 0 Å². The first-order chi connectivity index (χ1) is 26.0. The molecule has 2 heterocycles. The molecule has 2 unspecified atom stereocenters. The number of hydrogen-bond donors (Lipinski definition) is 2. The summed E-state index contributed by atoms with van der Waals surface area (Å²) in [5.41, 5.74) is 9.18. The number of rotatable bonds is 18. The molecule has 288 valence electrons. The molecule has 15 nitrogen and oxygen atoms in total. The third-order valence-corrected chi connectivity index (χ3v) is 8.43. The summed E-state index contributed by atoms with van der Waals surface area (Å²) >= 11 is 0. The summed E-state index contributed by atoms with van der Waals surface area (Å²) in [6.07, 6.45) is 2.80. The van der Waals surface area contributed by atoms with E-state index in [1.165, 1.54) is 11.8 Å². The third-order valence-electron chi connectivity index (χ3n) is 8.43. The van der Waals surface area contributed by atoms with Gasteiger partial charge < -0.3 is 34.6 Å². The van der Waals surface area contributed by atoms with Crippen LogP contribution in [0.5, 0.6) is 0 Å². The SMILES string of the molecule is CCCCCCOC(=O)/N=C(/N)c1ccc(NCc2nc3cc(C(=O)N(CCC(=O)OC(C)OC(=O)OC(C)CC)c4ccccn4)ccc3n2C)cc1. The Morgan fingerprint density at radius 2 is 1.70 bits per heavy atom. The van der Waals surface area contributed by atoms with Gasteiger partial charge in [0, 0.05) is 43.5 Å². The zero-order valence-electron chi connectivity index (χ0n) is 31.4. The second-order valence-electron chi connectivity index (χ2n) is 12.6. The molecule has 0 aliphatic carbocycles. The summed E-state index contributed by atoms with van der Waals surface area (Å²) in [5, 5.41) is 3.34. The van der Waals surface area contributed by atoms with Gasteiger partial charge >= 0.3 is 18.2 Å². The number of nitrogens with two attached hydrogens (primary N) is 1. The lowest BCUT2D eigenvalue weighted by molar-refractivity contribution is -0.168. The van der Waals surface area contributed by atoms with Gasteiger partial charge in [0.15, 0.2) is 0 Å². The topological polar surface area (TPSA) is 190 Å². The van der Waals surface area contributed by atoms with Crippen molar-refractivity contribution in [2.24, 2.45) is 17.8 Å². The molecule has 0 aliphatic rings. The lowest BCUT2D eigenvalue weighted by Gasteiger charge is -2.22. The molecular formula is C39H49N7O8. The summed E-state index contributed by atoms with van der Waals surface area (Å²) in [6.45, 7) is 7.75. The Morgan fingerprint density at radius 1 is 0.944 bits per heavy atom. The van der Waals surface area contributed by atoms with Gasteiger partial charge in [-0.15, -0.1) is 0 Å². The fraction of sp³-hybridized carbons (Fsp3) is 0.410. The van der Waals surface area contributed by atoms with E-state index in [4.69, 9.17) is 29.7 Å². The van der Waals surface area contributed by atoms with Gasteiger partial charge in [0.2, 0.25) is 6.29 Å². The monoisotopic (exact) mass is 743 g/mol. The maximum Gasteiger partial charge on any atom is 0.511 e. The molecule has 0 spiro atoms. The average molecular weight is 744 g/mol. The maximum atomic E-state index is 13.9. The molecule has 2 aromatic heterocycles. The zero-order valence-corrected chi connectivity index (χ0v) is 31.4. The van der Waals surface area contributed by atoms with Crippen molar-refractivity contribution in [1.29, 1.82) is 0 Å². The van der Waals surface area contributed by atoms with Crippen LogP contribution in [-0.4, -0.2) is 70.0 Å². The van der Waals surface area contributed by atoms with Gasteiger partial charge in [-0.1, -0.05) is 39.2 Å². The number of carbonyl (C=O) groups is 4. The Kier molecular flexibility index (Phi) is 15.3. The molecule has 2 amide bonds. The maximum absolute atomic E-state index is 13.9. The summed E-state index contributed by atoms with van der Waals surface area (Å²) in [6, 6.07) is 17.5. The number of amides is 2. The smallest absolute Gasteiger partial charge is 0.448 e. The number of nitrogens with zero attached hydrogens (tertiary/aromatic N) is 5. The number of nitrogens with one attached hydrogen (secondary N) is 1. The van der Waals surface area contributed by atoms with E-state index >= 15 is 0 Å². The number of hydrogen-bond acceptors (Lipinski definition) is 11. The Labute approximate surface area is 314 Å². The quantitative estimate of drug-likeness (QED) is 0.0269. The molecule has 0 aliphatic heterocycles. The van der Waals surface area contributed by atoms with Crippen LogP contribution in [0.4, 0.5) is 21.1 Å². The number of pyridine rings is 1. The van der Waals surface area contributed by atoms with E-state index in [1.54, 1.807) is 55.6 Å². The molecule has 4 rings (SSSR count). The van der Waals surface area contributed by atoms with Crippen molar-refractivity contribution < 1.29 is 38.1 Å². The second kappa shape index (κ2) is 20.3. The molecule has 0 radical (unpaired) electrons. The van der Waals surface area contributed by atoms with Crippen molar-refractivity contribution in [2.45, 2.75) is 85.2 Å². The van der Waals surface area contributed by atoms with Crippen molar-refractivity contribution in [3.63, 3.8) is 0 Å². The van der Waals surface area contributed by atoms with Gasteiger partial charge in [0.05, 0.1) is 30.6 Å². The van der Waals surface area contributed by atoms with E-state index in [0.29, 0.717) is 42.0 Å². The first-order valence-corrected chi connectivity index (χ1v) is 18.1. The molecule has 54 heavy (non-hydrogen) atoms. The number of aromatic nitrogens is 3. The number of anilines is 2. The van der Waals surface area contributed by atoms with E-state index in [1.807, 2.05) is 36.7 Å². The predicted octanol–water partition coefficient (Wildman–Crippen LogP) is 6.88. The first-order valence-electron chi connectivity index (χ1n) is 18.1. The van der Waals surface area contributed by atoms with Crippen LogP contribution in [0.25, 0.3) is 11.0 Å². The van der Waals surface area contributed by atoms with Crippen molar-refractivity contribution in [3.8, 4) is 0 Å². The van der Waals surface area contributed by atoms with E-state index in [0.717, 1.165) is 42.7 Å². The average Bonchev–Trinajstić information content (AvgIpc) is 3.48.